The molecule has 0 fully saturated rings. The standard InChI is InChI=1S/C22H26N4O4S/c1-6-30-19(28)16-9-12(2)15(31-16)8-7-13-10-14-17(23-11-13)24-21(25-18(14)27)26-20(29)22(3,4)5/h9-11H,6-8H2,1-5H3,(H2,23,24,25,26,27,29). The van der Waals surface area contributed by atoms with Gasteiger partial charge in [-0.2, -0.15) is 4.98 Å². The van der Waals surface area contributed by atoms with Gasteiger partial charge in [0.1, 0.15) is 4.88 Å². The molecule has 3 rings (SSSR count). The molecule has 164 valence electrons. The van der Waals surface area contributed by atoms with Crippen molar-refractivity contribution >= 4 is 40.2 Å². The zero-order valence-corrected chi connectivity index (χ0v) is 19.1. The molecular weight excluding hydrogens is 416 g/mol. The molecular formula is C22H26N4O4S. The van der Waals surface area contributed by atoms with Gasteiger partial charge >= 0.3 is 5.97 Å². The van der Waals surface area contributed by atoms with Crippen molar-refractivity contribution in [3.8, 4) is 0 Å². The normalized spacial score (nSPS) is 11.5. The van der Waals surface area contributed by atoms with Crippen LogP contribution in [0.2, 0.25) is 0 Å². The summed E-state index contributed by atoms with van der Waals surface area (Å²) in [5.41, 5.74) is 1.23. The molecule has 0 saturated heterocycles. The van der Waals surface area contributed by atoms with Crippen LogP contribution in [-0.4, -0.2) is 33.4 Å². The van der Waals surface area contributed by atoms with Crippen LogP contribution in [0.4, 0.5) is 5.95 Å². The fourth-order valence-corrected chi connectivity index (χ4v) is 3.95. The fraction of sp³-hybridized carbons (Fsp3) is 0.409. The monoisotopic (exact) mass is 442 g/mol. The molecule has 0 spiro atoms. The van der Waals surface area contributed by atoms with Crippen LogP contribution in [0.3, 0.4) is 0 Å². The highest BCUT2D eigenvalue weighted by molar-refractivity contribution is 7.14. The molecule has 9 heteroatoms. The molecule has 0 aliphatic rings. The highest BCUT2D eigenvalue weighted by Crippen LogP contribution is 2.24. The third-order valence-electron chi connectivity index (χ3n) is 4.67. The summed E-state index contributed by atoms with van der Waals surface area (Å²) in [6.07, 6.45) is 3.06. The molecule has 3 heterocycles. The Bertz CT molecular complexity index is 1190. The summed E-state index contributed by atoms with van der Waals surface area (Å²) in [4.78, 5) is 49.4. The van der Waals surface area contributed by atoms with Crippen LogP contribution in [0, 0.1) is 12.3 Å². The average molecular weight is 443 g/mol. The van der Waals surface area contributed by atoms with E-state index in [0.29, 0.717) is 29.7 Å². The number of amides is 1. The molecule has 31 heavy (non-hydrogen) atoms. The quantitative estimate of drug-likeness (QED) is 0.564. The second kappa shape index (κ2) is 8.97. The number of carbonyl (C=O) groups is 2. The molecule has 0 saturated carbocycles. The lowest BCUT2D eigenvalue weighted by molar-refractivity contribution is -0.123. The van der Waals surface area contributed by atoms with E-state index in [0.717, 1.165) is 16.0 Å². The van der Waals surface area contributed by atoms with E-state index in [2.05, 4.69) is 20.3 Å². The number of carbonyl (C=O) groups excluding carboxylic acids is 2. The predicted octanol–water partition coefficient (Wildman–Crippen LogP) is 3.63. The van der Waals surface area contributed by atoms with E-state index in [1.54, 1.807) is 40.0 Å². The lowest BCUT2D eigenvalue weighted by Crippen LogP contribution is -2.29. The maximum atomic E-state index is 12.5. The second-order valence-electron chi connectivity index (χ2n) is 8.27. The predicted molar refractivity (Wildman–Crippen MR) is 121 cm³/mol. The Labute approximate surface area is 184 Å². The van der Waals surface area contributed by atoms with Gasteiger partial charge in [-0.15, -0.1) is 11.3 Å². The van der Waals surface area contributed by atoms with Crippen LogP contribution in [0.15, 0.2) is 23.1 Å². The van der Waals surface area contributed by atoms with Crippen molar-refractivity contribution < 1.29 is 14.3 Å². The van der Waals surface area contributed by atoms with E-state index in [4.69, 9.17) is 4.74 Å². The third-order valence-corrected chi connectivity index (χ3v) is 5.95. The molecule has 0 atom stereocenters. The fourth-order valence-electron chi connectivity index (χ4n) is 2.89. The summed E-state index contributed by atoms with van der Waals surface area (Å²) in [6.45, 7) is 9.42. The van der Waals surface area contributed by atoms with Crippen LogP contribution in [-0.2, 0) is 22.4 Å². The Morgan fingerprint density at radius 3 is 2.65 bits per heavy atom. The van der Waals surface area contributed by atoms with E-state index in [1.807, 2.05) is 13.0 Å². The Morgan fingerprint density at radius 1 is 1.23 bits per heavy atom. The average Bonchev–Trinajstić information content (AvgIpc) is 3.07. The van der Waals surface area contributed by atoms with Gasteiger partial charge in [-0.25, -0.2) is 9.78 Å². The largest absolute Gasteiger partial charge is 0.462 e. The van der Waals surface area contributed by atoms with Gasteiger partial charge in [-0.05, 0) is 49.9 Å². The molecule has 1 amide bonds. The van der Waals surface area contributed by atoms with Gasteiger partial charge in [0.2, 0.25) is 11.9 Å². The first kappa shape index (κ1) is 22.6. The minimum Gasteiger partial charge on any atom is -0.462 e. The molecule has 0 aliphatic carbocycles. The van der Waals surface area contributed by atoms with Gasteiger partial charge in [0.15, 0.2) is 5.65 Å². The van der Waals surface area contributed by atoms with E-state index < -0.39 is 5.41 Å². The highest BCUT2D eigenvalue weighted by Gasteiger charge is 2.22. The van der Waals surface area contributed by atoms with Crippen LogP contribution in [0.5, 0.6) is 0 Å². The number of pyridine rings is 1. The number of hydrogen-bond donors (Lipinski definition) is 2. The number of aryl methyl sites for hydroxylation is 3. The van der Waals surface area contributed by atoms with Crippen molar-refractivity contribution in [2.45, 2.75) is 47.5 Å². The van der Waals surface area contributed by atoms with Gasteiger partial charge in [0.25, 0.3) is 5.56 Å². The first-order valence-corrected chi connectivity index (χ1v) is 10.9. The molecule has 0 aliphatic heterocycles. The van der Waals surface area contributed by atoms with Crippen molar-refractivity contribution in [3.63, 3.8) is 0 Å². The number of aromatic amines is 1. The number of fused-ring (bicyclic) bond motifs is 1. The molecule has 3 aromatic heterocycles. The minimum atomic E-state index is -0.613. The number of hydrogen-bond acceptors (Lipinski definition) is 7. The van der Waals surface area contributed by atoms with E-state index in [-0.39, 0.29) is 29.0 Å². The number of anilines is 1. The van der Waals surface area contributed by atoms with Crippen molar-refractivity contribution in [1.82, 2.24) is 15.0 Å². The zero-order chi connectivity index (χ0) is 22.8. The van der Waals surface area contributed by atoms with Crippen molar-refractivity contribution in [2.24, 2.45) is 5.41 Å². The number of thiophene rings is 1. The first-order chi connectivity index (χ1) is 14.6. The van der Waals surface area contributed by atoms with E-state index in [9.17, 15) is 14.4 Å². The lowest BCUT2D eigenvalue weighted by atomic mass is 9.96. The van der Waals surface area contributed by atoms with Crippen molar-refractivity contribution in [3.05, 3.63) is 49.6 Å². The molecule has 2 N–H and O–H groups in total. The highest BCUT2D eigenvalue weighted by atomic mass is 32.1. The van der Waals surface area contributed by atoms with Gasteiger partial charge in [0, 0.05) is 16.5 Å². The molecule has 8 nitrogen and oxygen atoms in total. The Morgan fingerprint density at radius 2 is 1.97 bits per heavy atom. The SMILES string of the molecule is CCOC(=O)c1cc(C)c(CCc2cnc3nc(NC(=O)C(C)(C)C)[nH]c(=O)c3c2)s1. The summed E-state index contributed by atoms with van der Waals surface area (Å²) in [5, 5.41) is 2.98. The van der Waals surface area contributed by atoms with Gasteiger partial charge in [-0.1, -0.05) is 20.8 Å². The van der Waals surface area contributed by atoms with Crippen LogP contribution >= 0.6 is 11.3 Å². The van der Waals surface area contributed by atoms with Crippen molar-refractivity contribution in [2.75, 3.05) is 11.9 Å². The Kier molecular flexibility index (Phi) is 6.54. The van der Waals surface area contributed by atoms with Crippen LogP contribution < -0.4 is 10.9 Å². The minimum absolute atomic E-state index is 0.0818. The molecule has 0 aromatic carbocycles. The number of nitrogens with one attached hydrogen (secondary N) is 2. The number of esters is 1. The summed E-state index contributed by atoms with van der Waals surface area (Å²) in [6, 6.07) is 3.61. The molecule has 0 radical (unpaired) electrons. The summed E-state index contributed by atoms with van der Waals surface area (Å²) in [5.74, 6) is -0.473. The summed E-state index contributed by atoms with van der Waals surface area (Å²) < 4.78 is 5.06. The molecule has 0 bridgehead atoms. The topological polar surface area (TPSA) is 114 Å². The number of rotatable bonds is 6. The maximum Gasteiger partial charge on any atom is 0.348 e. The Balaban J connectivity index is 1.77. The summed E-state index contributed by atoms with van der Waals surface area (Å²) >= 11 is 1.43. The van der Waals surface area contributed by atoms with Gasteiger partial charge in [-0.3, -0.25) is 19.9 Å². The van der Waals surface area contributed by atoms with E-state index in [1.165, 1.54) is 11.3 Å². The molecule has 0 unspecified atom stereocenters. The number of H-pyrrole nitrogens is 1. The van der Waals surface area contributed by atoms with E-state index >= 15 is 0 Å². The third kappa shape index (κ3) is 5.35. The van der Waals surface area contributed by atoms with Crippen LogP contribution in [0.25, 0.3) is 11.0 Å². The lowest BCUT2D eigenvalue weighted by Gasteiger charge is -2.16. The number of nitrogens with zero attached hydrogens (tertiary/aromatic N) is 2. The zero-order valence-electron chi connectivity index (χ0n) is 18.3. The number of ether oxygens (including phenoxy) is 1. The molecule has 3 aromatic rings. The van der Waals surface area contributed by atoms with Gasteiger partial charge in [0.05, 0.1) is 12.0 Å². The first-order valence-electron chi connectivity index (χ1n) is 10.1. The van der Waals surface area contributed by atoms with Crippen LogP contribution in [0.1, 0.15) is 53.4 Å². The smallest absolute Gasteiger partial charge is 0.348 e. The second-order valence-corrected chi connectivity index (χ2v) is 9.41. The maximum absolute atomic E-state index is 12.5. The van der Waals surface area contributed by atoms with Gasteiger partial charge < -0.3 is 4.74 Å². The number of aromatic nitrogens is 3. The summed E-state index contributed by atoms with van der Waals surface area (Å²) in [7, 11) is 0. The Hall–Kier alpha value is -3.07. The van der Waals surface area contributed by atoms with Crippen molar-refractivity contribution in [1.29, 1.82) is 0 Å².